The molecule has 6 nitrogen and oxygen atoms in total. The maximum atomic E-state index is 12.5. The number of esters is 2. The standard InChI is InChI=1S/C17H19F3N2O4/c18-17(19,20)16(25)26-14(23)9-6-11-22(12-10-21)15(24)13-7-4-2-1-3-5-8-13/h1-5,7-8H,6,9-12,21H2. The molecule has 0 saturated carbocycles. The fraction of sp³-hybridized carbons (Fsp3) is 0.353. The fourth-order valence-electron chi connectivity index (χ4n) is 1.99. The third kappa shape index (κ3) is 7.47. The van der Waals surface area contributed by atoms with Crippen molar-refractivity contribution in [1.29, 1.82) is 0 Å². The third-order valence-electron chi connectivity index (χ3n) is 3.18. The third-order valence-corrected chi connectivity index (χ3v) is 3.18. The lowest BCUT2D eigenvalue weighted by Gasteiger charge is -2.22. The predicted molar refractivity (Wildman–Crippen MR) is 87.5 cm³/mol. The summed E-state index contributed by atoms with van der Waals surface area (Å²) in [6.07, 6.45) is 6.26. The zero-order valence-electron chi connectivity index (χ0n) is 13.9. The van der Waals surface area contributed by atoms with Gasteiger partial charge in [-0.25, -0.2) is 4.79 Å². The van der Waals surface area contributed by atoms with Crippen LogP contribution in [0.2, 0.25) is 0 Å². The van der Waals surface area contributed by atoms with Crippen LogP contribution in [0.4, 0.5) is 13.2 Å². The second kappa shape index (κ2) is 10.3. The van der Waals surface area contributed by atoms with Gasteiger partial charge in [-0.2, -0.15) is 13.2 Å². The number of carbonyl (C=O) groups is 3. The highest BCUT2D eigenvalue weighted by Crippen LogP contribution is 2.17. The largest absolute Gasteiger partial charge is 0.491 e. The predicted octanol–water partition coefficient (Wildman–Crippen LogP) is 1.79. The van der Waals surface area contributed by atoms with Crippen LogP contribution in [0.25, 0.3) is 0 Å². The van der Waals surface area contributed by atoms with Gasteiger partial charge in [0.1, 0.15) is 0 Å². The Morgan fingerprint density at radius 3 is 2.35 bits per heavy atom. The van der Waals surface area contributed by atoms with Crippen molar-refractivity contribution in [2.24, 2.45) is 5.73 Å². The molecular formula is C17H19F3N2O4. The van der Waals surface area contributed by atoms with Crippen LogP contribution in [0.1, 0.15) is 12.8 Å². The number of amides is 1. The Hall–Kier alpha value is -2.68. The number of allylic oxidation sites excluding steroid dienone is 6. The van der Waals surface area contributed by atoms with Crippen molar-refractivity contribution in [2.75, 3.05) is 19.6 Å². The van der Waals surface area contributed by atoms with Crippen LogP contribution in [0.5, 0.6) is 0 Å². The van der Waals surface area contributed by atoms with Gasteiger partial charge in [0.05, 0.1) is 0 Å². The lowest BCUT2D eigenvalue weighted by Crippen LogP contribution is -2.37. The molecule has 0 unspecified atom stereocenters. The molecule has 0 bridgehead atoms. The first kappa shape index (κ1) is 21.4. The molecule has 0 atom stereocenters. The van der Waals surface area contributed by atoms with Crippen molar-refractivity contribution >= 4 is 17.8 Å². The Morgan fingerprint density at radius 1 is 1.04 bits per heavy atom. The molecular weight excluding hydrogens is 353 g/mol. The first-order valence-electron chi connectivity index (χ1n) is 7.78. The molecule has 0 aromatic carbocycles. The van der Waals surface area contributed by atoms with Crippen LogP contribution < -0.4 is 5.73 Å². The molecule has 0 aromatic heterocycles. The van der Waals surface area contributed by atoms with Gasteiger partial charge in [0.2, 0.25) is 0 Å². The maximum absolute atomic E-state index is 12.5. The smallest absolute Gasteiger partial charge is 0.386 e. The SMILES string of the molecule is NCCN(CCCC(=O)OC(=O)C(F)(F)F)C(=O)C1=CC=CC=CC=C1. The van der Waals surface area contributed by atoms with E-state index >= 15 is 0 Å². The van der Waals surface area contributed by atoms with Crippen LogP contribution in [0.3, 0.4) is 0 Å². The molecule has 0 spiro atoms. The quantitative estimate of drug-likeness (QED) is 0.544. The lowest BCUT2D eigenvalue weighted by atomic mass is 10.1. The van der Waals surface area contributed by atoms with Gasteiger partial charge in [-0.1, -0.05) is 30.4 Å². The number of ether oxygens (including phenoxy) is 1. The second-order valence-corrected chi connectivity index (χ2v) is 5.19. The molecule has 0 heterocycles. The van der Waals surface area contributed by atoms with E-state index < -0.39 is 24.5 Å². The summed E-state index contributed by atoms with van der Waals surface area (Å²) in [4.78, 5) is 35.8. The molecule has 9 heteroatoms. The summed E-state index contributed by atoms with van der Waals surface area (Å²) < 4.78 is 39.7. The molecule has 1 aliphatic rings. The number of carbonyl (C=O) groups excluding carboxylic acids is 3. The Labute approximate surface area is 148 Å². The minimum Gasteiger partial charge on any atom is -0.386 e. The van der Waals surface area contributed by atoms with E-state index in [-0.39, 0.29) is 32.0 Å². The van der Waals surface area contributed by atoms with Crippen molar-refractivity contribution in [3.8, 4) is 0 Å². The Bertz CT molecular complexity index is 649. The summed E-state index contributed by atoms with van der Waals surface area (Å²) in [5.74, 6) is -4.18. The molecule has 0 fully saturated rings. The van der Waals surface area contributed by atoms with Crippen molar-refractivity contribution in [3.05, 3.63) is 48.1 Å². The summed E-state index contributed by atoms with van der Waals surface area (Å²) >= 11 is 0. The molecule has 0 radical (unpaired) electrons. The van der Waals surface area contributed by atoms with Gasteiger partial charge in [-0.3, -0.25) is 9.59 Å². The molecule has 0 aliphatic heterocycles. The monoisotopic (exact) mass is 372 g/mol. The van der Waals surface area contributed by atoms with Crippen LogP contribution in [-0.4, -0.2) is 48.6 Å². The molecule has 26 heavy (non-hydrogen) atoms. The highest BCUT2D eigenvalue weighted by molar-refractivity contribution is 5.96. The van der Waals surface area contributed by atoms with E-state index in [1.54, 1.807) is 42.5 Å². The van der Waals surface area contributed by atoms with Crippen molar-refractivity contribution in [2.45, 2.75) is 19.0 Å². The highest BCUT2D eigenvalue weighted by Gasteiger charge is 2.42. The highest BCUT2D eigenvalue weighted by atomic mass is 19.4. The number of halogens is 3. The summed E-state index contributed by atoms with van der Waals surface area (Å²) in [5, 5.41) is 0. The van der Waals surface area contributed by atoms with Crippen LogP contribution in [0, 0.1) is 0 Å². The summed E-state index contributed by atoms with van der Waals surface area (Å²) in [6.45, 7) is 0.464. The van der Waals surface area contributed by atoms with Gasteiger partial charge >= 0.3 is 18.1 Å². The average molecular weight is 372 g/mol. The maximum Gasteiger partial charge on any atom is 0.491 e. The van der Waals surface area contributed by atoms with Crippen molar-refractivity contribution < 1.29 is 32.3 Å². The van der Waals surface area contributed by atoms with Gasteiger partial charge in [0.15, 0.2) is 0 Å². The van der Waals surface area contributed by atoms with Gasteiger partial charge in [-0.15, -0.1) is 0 Å². The molecule has 1 amide bonds. The van der Waals surface area contributed by atoms with E-state index in [1.807, 2.05) is 0 Å². The minimum atomic E-state index is -5.23. The van der Waals surface area contributed by atoms with E-state index in [0.717, 1.165) is 0 Å². The van der Waals surface area contributed by atoms with Crippen LogP contribution >= 0.6 is 0 Å². The zero-order valence-corrected chi connectivity index (χ0v) is 13.9. The molecule has 0 saturated heterocycles. The van der Waals surface area contributed by atoms with E-state index in [2.05, 4.69) is 4.74 Å². The lowest BCUT2D eigenvalue weighted by molar-refractivity contribution is -0.201. The molecule has 1 rings (SSSR count). The molecule has 1 aliphatic carbocycles. The number of alkyl halides is 3. The van der Waals surface area contributed by atoms with Gasteiger partial charge in [-0.05, 0) is 18.6 Å². The van der Waals surface area contributed by atoms with Gasteiger partial charge < -0.3 is 15.4 Å². The van der Waals surface area contributed by atoms with Crippen molar-refractivity contribution in [3.63, 3.8) is 0 Å². The zero-order chi connectivity index (χ0) is 19.6. The number of hydrogen-bond acceptors (Lipinski definition) is 5. The first-order chi connectivity index (χ1) is 12.3. The Balaban J connectivity index is 2.59. The van der Waals surface area contributed by atoms with E-state index in [0.29, 0.717) is 5.57 Å². The van der Waals surface area contributed by atoms with Crippen LogP contribution in [-0.2, 0) is 19.1 Å². The number of hydrogen-bond donors (Lipinski definition) is 1. The molecule has 0 aromatic rings. The van der Waals surface area contributed by atoms with E-state index in [4.69, 9.17) is 5.73 Å². The second-order valence-electron chi connectivity index (χ2n) is 5.19. The number of nitrogens with zero attached hydrogens (tertiary/aromatic N) is 1. The topological polar surface area (TPSA) is 89.7 Å². The summed E-state index contributed by atoms with van der Waals surface area (Å²) in [5.41, 5.74) is 5.88. The number of nitrogens with two attached hydrogens (primary N) is 1. The summed E-state index contributed by atoms with van der Waals surface area (Å²) in [6, 6.07) is 0. The van der Waals surface area contributed by atoms with Crippen LogP contribution in [0.15, 0.2) is 48.1 Å². The minimum absolute atomic E-state index is 0.0302. The normalized spacial score (nSPS) is 13.6. The fourth-order valence-corrected chi connectivity index (χ4v) is 1.99. The van der Waals surface area contributed by atoms with E-state index in [9.17, 15) is 27.6 Å². The van der Waals surface area contributed by atoms with E-state index in [1.165, 1.54) is 4.90 Å². The molecule has 2 N–H and O–H groups in total. The Kier molecular flexibility index (Phi) is 8.50. The average Bonchev–Trinajstić information content (AvgIpc) is 2.52. The Morgan fingerprint density at radius 2 is 1.69 bits per heavy atom. The number of rotatable bonds is 7. The summed E-state index contributed by atoms with van der Waals surface area (Å²) in [7, 11) is 0. The first-order valence-corrected chi connectivity index (χ1v) is 7.78. The van der Waals surface area contributed by atoms with Gasteiger partial charge in [0.25, 0.3) is 5.91 Å². The molecule has 142 valence electrons. The van der Waals surface area contributed by atoms with Crippen molar-refractivity contribution in [1.82, 2.24) is 4.90 Å². The van der Waals surface area contributed by atoms with Gasteiger partial charge in [0, 0.05) is 31.6 Å².